The van der Waals surface area contributed by atoms with E-state index >= 15 is 0 Å². The molecule has 0 spiro atoms. The van der Waals surface area contributed by atoms with E-state index in [0.29, 0.717) is 22.9 Å². The van der Waals surface area contributed by atoms with Gasteiger partial charge in [0.25, 0.3) is 0 Å². The topological polar surface area (TPSA) is 101 Å². The second-order valence-corrected chi connectivity index (χ2v) is 8.45. The van der Waals surface area contributed by atoms with Crippen LogP contribution >= 0.6 is 27.7 Å². The summed E-state index contributed by atoms with van der Waals surface area (Å²) in [6.45, 7) is 0. The fourth-order valence-corrected chi connectivity index (χ4v) is 4.18. The maximum atomic E-state index is 11.8. The first-order chi connectivity index (χ1) is 14.8. The van der Waals surface area contributed by atoms with E-state index in [9.17, 15) is 9.90 Å². The number of ether oxygens (including phenoxy) is 2. The van der Waals surface area contributed by atoms with E-state index in [4.69, 9.17) is 9.47 Å². The predicted molar refractivity (Wildman–Crippen MR) is 125 cm³/mol. The second kappa shape index (κ2) is 9.88. The van der Waals surface area contributed by atoms with Gasteiger partial charge in [0.05, 0.1) is 19.9 Å². The van der Waals surface area contributed by atoms with Gasteiger partial charge in [-0.1, -0.05) is 6.07 Å². The predicted octanol–water partition coefficient (Wildman–Crippen LogP) is 4.54. The van der Waals surface area contributed by atoms with Crippen LogP contribution in [0.15, 0.2) is 50.9 Å². The van der Waals surface area contributed by atoms with Gasteiger partial charge in [0, 0.05) is 30.2 Å². The summed E-state index contributed by atoms with van der Waals surface area (Å²) < 4.78 is 11.4. The number of thioether (sulfide) groups is 1. The van der Waals surface area contributed by atoms with Crippen LogP contribution in [0.3, 0.4) is 0 Å². The Kier molecular flexibility index (Phi) is 7.24. The second-order valence-electron chi connectivity index (χ2n) is 6.59. The van der Waals surface area contributed by atoms with Crippen LogP contribution in [-0.4, -0.2) is 54.6 Å². The maximum Gasteiger partial charge on any atom is 0.342 e. The lowest BCUT2D eigenvalue weighted by atomic mass is 10.2. The highest BCUT2D eigenvalue weighted by Gasteiger charge is 2.16. The Hall–Kier alpha value is -2.98. The number of aromatic amines is 1. The molecule has 2 aromatic carbocycles. The van der Waals surface area contributed by atoms with Crippen LogP contribution < -0.4 is 14.4 Å². The number of carbonyl (C=O) groups is 1. The van der Waals surface area contributed by atoms with E-state index in [-0.39, 0.29) is 10.1 Å². The van der Waals surface area contributed by atoms with Gasteiger partial charge in [0.1, 0.15) is 16.4 Å². The molecule has 0 saturated heterocycles. The molecular formula is C21H21BrN4O4S. The molecular weight excluding hydrogens is 484 g/mol. The van der Waals surface area contributed by atoms with E-state index in [1.165, 1.54) is 0 Å². The molecule has 3 aromatic rings. The van der Waals surface area contributed by atoms with Crippen LogP contribution in [0.2, 0.25) is 0 Å². The van der Waals surface area contributed by atoms with Gasteiger partial charge < -0.3 is 19.5 Å². The number of benzene rings is 2. The van der Waals surface area contributed by atoms with E-state index in [0.717, 1.165) is 27.5 Å². The minimum atomic E-state index is -1.06. The SMILES string of the molecule is COc1cc(OC)cc(-c2nc(S/C(=C\c3ccc(N(C)C)c(Br)c3)C(=O)O)n[nH]2)c1. The number of rotatable bonds is 8. The van der Waals surface area contributed by atoms with Gasteiger partial charge in [-0.15, -0.1) is 5.10 Å². The summed E-state index contributed by atoms with van der Waals surface area (Å²) in [6.07, 6.45) is 1.59. The molecule has 0 aliphatic heterocycles. The molecule has 1 heterocycles. The molecule has 3 rings (SSSR count). The standard InChI is InChI=1S/C21H21BrN4O4S/c1-26(2)17-6-5-12(7-16(17)22)8-18(20(27)28)31-21-23-19(24-25-21)13-9-14(29-3)11-15(10-13)30-4/h5-11H,1-4H3,(H,27,28)(H,23,24,25)/b18-8-. The highest BCUT2D eigenvalue weighted by Crippen LogP contribution is 2.32. The number of halogens is 1. The highest BCUT2D eigenvalue weighted by atomic mass is 79.9. The van der Waals surface area contributed by atoms with Crippen molar-refractivity contribution in [3.8, 4) is 22.9 Å². The van der Waals surface area contributed by atoms with Gasteiger partial charge in [0.2, 0.25) is 5.16 Å². The third kappa shape index (κ3) is 5.59. The molecule has 0 aliphatic rings. The third-order valence-corrected chi connectivity index (χ3v) is 5.77. The largest absolute Gasteiger partial charge is 0.497 e. The zero-order chi connectivity index (χ0) is 22.5. The van der Waals surface area contributed by atoms with E-state index < -0.39 is 5.97 Å². The summed E-state index contributed by atoms with van der Waals surface area (Å²) in [6, 6.07) is 11.0. The Morgan fingerprint density at radius 2 is 1.84 bits per heavy atom. The number of methoxy groups -OCH3 is 2. The Morgan fingerprint density at radius 1 is 1.16 bits per heavy atom. The summed E-state index contributed by atoms with van der Waals surface area (Å²) in [7, 11) is 7.00. The van der Waals surface area contributed by atoms with Crippen LogP contribution in [0.25, 0.3) is 17.5 Å². The van der Waals surface area contributed by atoms with Gasteiger partial charge >= 0.3 is 5.97 Å². The number of carboxylic acids is 1. The van der Waals surface area contributed by atoms with Crippen LogP contribution in [0.4, 0.5) is 5.69 Å². The number of aromatic nitrogens is 3. The average molecular weight is 505 g/mol. The first-order valence-corrected chi connectivity index (χ1v) is 10.7. The highest BCUT2D eigenvalue weighted by molar-refractivity contribution is 9.10. The van der Waals surface area contributed by atoms with Crippen molar-refractivity contribution in [1.82, 2.24) is 15.2 Å². The third-order valence-electron chi connectivity index (χ3n) is 4.25. The lowest BCUT2D eigenvalue weighted by Crippen LogP contribution is -2.09. The van der Waals surface area contributed by atoms with E-state index in [1.54, 1.807) is 38.5 Å². The van der Waals surface area contributed by atoms with Gasteiger partial charge in [-0.05, 0) is 63.6 Å². The molecule has 0 unspecified atom stereocenters. The van der Waals surface area contributed by atoms with Crippen molar-refractivity contribution in [3.63, 3.8) is 0 Å². The minimum absolute atomic E-state index is 0.0956. The summed E-state index contributed by atoms with van der Waals surface area (Å²) in [5.41, 5.74) is 2.45. The first-order valence-electron chi connectivity index (χ1n) is 9.06. The molecule has 0 bridgehead atoms. The molecule has 31 heavy (non-hydrogen) atoms. The monoisotopic (exact) mass is 504 g/mol. The molecule has 0 amide bonds. The van der Waals surface area contributed by atoms with Crippen molar-refractivity contribution in [1.29, 1.82) is 0 Å². The number of nitrogens with one attached hydrogen (secondary N) is 1. The fourth-order valence-electron chi connectivity index (χ4n) is 2.73. The number of hydrogen-bond acceptors (Lipinski definition) is 7. The molecule has 162 valence electrons. The number of carboxylic acid groups (broad SMARTS) is 1. The molecule has 1 aromatic heterocycles. The molecule has 2 N–H and O–H groups in total. The summed E-state index contributed by atoms with van der Waals surface area (Å²) in [5.74, 6) is 0.630. The molecule has 0 aliphatic carbocycles. The number of aliphatic carboxylic acids is 1. The van der Waals surface area contributed by atoms with Crippen LogP contribution in [-0.2, 0) is 4.79 Å². The van der Waals surface area contributed by atoms with Crippen LogP contribution in [0.5, 0.6) is 11.5 Å². The van der Waals surface area contributed by atoms with Gasteiger partial charge in [-0.25, -0.2) is 9.78 Å². The van der Waals surface area contributed by atoms with Gasteiger partial charge in [-0.3, -0.25) is 5.10 Å². The van der Waals surface area contributed by atoms with Crippen molar-refractivity contribution in [3.05, 3.63) is 51.3 Å². The number of anilines is 1. The van der Waals surface area contributed by atoms with Crippen molar-refractivity contribution >= 4 is 45.4 Å². The summed E-state index contributed by atoms with van der Waals surface area (Å²) >= 11 is 4.48. The van der Waals surface area contributed by atoms with E-state index in [2.05, 4.69) is 31.1 Å². The molecule has 0 atom stereocenters. The quantitative estimate of drug-likeness (QED) is 0.340. The lowest BCUT2D eigenvalue weighted by molar-refractivity contribution is -0.131. The van der Waals surface area contributed by atoms with Crippen molar-refractivity contribution < 1.29 is 19.4 Å². The maximum absolute atomic E-state index is 11.8. The molecule has 0 radical (unpaired) electrons. The molecule has 10 heteroatoms. The normalized spacial score (nSPS) is 11.3. The van der Waals surface area contributed by atoms with Gasteiger partial charge in [-0.2, -0.15) is 0 Å². The van der Waals surface area contributed by atoms with Gasteiger partial charge in [0.15, 0.2) is 5.82 Å². The number of nitrogens with zero attached hydrogens (tertiary/aromatic N) is 3. The Balaban J connectivity index is 1.87. The number of hydrogen-bond donors (Lipinski definition) is 2. The average Bonchev–Trinajstić information content (AvgIpc) is 3.21. The lowest BCUT2D eigenvalue weighted by Gasteiger charge is -2.14. The van der Waals surface area contributed by atoms with Crippen molar-refractivity contribution in [2.24, 2.45) is 0 Å². The smallest absolute Gasteiger partial charge is 0.342 e. The Labute approximate surface area is 192 Å². The minimum Gasteiger partial charge on any atom is -0.497 e. The molecule has 0 saturated carbocycles. The summed E-state index contributed by atoms with van der Waals surface area (Å²) in [4.78, 5) is 18.3. The Bertz CT molecular complexity index is 1110. The Morgan fingerprint density at radius 3 is 2.39 bits per heavy atom. The van der Waals surface area contributed by atoms with Crippen LogP contribution in [0.1, 0.15) is 5.56 Å². The zero-order valence-corrected chi connectivity index (χ0v) is 19.7. The van der Waals surface area contributed by atoms with E-state index in [1.807, 2.05) is 37.2 Å². The van der Waals surface area contributed by atoms with Crippen molar-refractivity contribution in [2.45, 2.75) is 5.16 Å². The zero-order valence-electron chi connectivity index (χ0n) is 17.3. The first kappa shape index (κ1) is 22.7. The molecule has 8 nitrogen and oxygen atoms in total. The summed E-state index contributed by atoms with van der Waals surface area (Å²) in [5, 5.41) is 16.9. The van der Waals surface area contributed by atoms with Crippen molar-refractivity contribution in [2.75, 3.05) is 33.2 Å². The van der Waals surface area contributed by atoms with Crippen LogP contribution in [0, 0.1) is 0 Å². The number of H-pyrrole nitrogens is 1. The molecule has 0 fully saturated rings. The fraction of sp³-hybridized carbons (Fsp3) is 0.190.